The zero-order chi connectivity index (χ0) is 6.57. The van der Waals surface area contributed by atoms with Gasteiger partial charge in [-0.2, -0.15) is 0 Å². The quantitative estimate of drug-likeness (QED) is 0.326. The predicted molar refractivity (Wildman–Crippen MR) is 31.9 cm³/mol. The Labute approximate surface area is 75.4 Å². The maximum absolute atomic E-state index is 8.47. The molecule has 0 aliphatic rings. The fraction of sp³-hybridized carbons (Fsp3) is 1.00. The third-order valence-electron chi connectivity index (χ3n) is 0.818. The first-order chi connectivity index (χ1) is 3.72. The molecule has 4 N–H and O–H groups in total. The molecule has 0 saturated carbocycles. The molecule has 0 spiro atoms. The average molecular weight is 145 g/mol. The van der Waals surface area contributed by atoms with Gasteiger partial charge in [-0.1, -0.05) is 0 Å². The maximum Gasteiger partial charge on any atom is 0.105 e. The van der Waals surface area contributed by atoms with E-state index < -0.39 is 25.4 Å². The van der Waals surface area contributed by atoms with Crippen molar-refractivity contribution in [1.29, 1.82) is 0 Å². The third kappa shape index (κ3) is 5.29. The fourth-order valence-corrected chi connectivity index (χ4v) is 0.243. The molecule has 0 fully saturated rings. The van der Waals surface area contributed by atoms with Crippen LogP contribution in [0.4, 0.5) is 0 Å². The minimum absolute atomic E-state index is 0. The van der Waals surface area contributed by atoms with Crippen LogP contribution in [0.2, 0.25) is 0 Å². The normalized spacial score (nSPS) is 16.0. The summed E-state index contributed by atoms with van der Waals surface area (Å²) in [5, 5.41) is 33.2. The van der Waals surface area contributed by atoms with E-state index in [1.807, 2.05) is 0 Å². The van der Waals surface area contributed by atoms with Crippen LogP contribution >= 0.6 is 0 Å². The van der Waals surface area contributed by atoms with Crippen LogP contribution in [-0.2, 0) is 0 Å². The first-order valence-electron chi connectivity index (χ1n) is 2.30. The van der Waals surface area contributed by atoms with Crippen LogP contribution in [0.25, 0.3) is 0 Å². The van der Waals surface area contributed by atoms with Gasteiger partial charge in [-0.3, -0.25) is 0 Å². The van der Waals surface area contributed by atoms with E-state index in [2.05, 4.69) is 0 Å². The maximum atomic E-state index is 8.47. The summed E-state index contributed by atoms with van der Waals surface area (Å²) >= 11 is 0. The molecule has 2 atom stereocenters. The molecular formula is C4H10NaO4. The van der Waals surface area contributed by atoms with Crippen molar-refractivity contribution in [2.75, 3.05) is 13.2 Å². The number of aliphatic hydroxyl groups is 4. The van der Waals surface area contributed by atoms with E-state index in [1.165, 1.54) is 0 Å². The Balaban J connectivity index is 0. The average Bonchev–Trinajstić information content (AvgIpc) is 1.84. The van der Waals surface area contributed by atoms with Gasteiger partial charge in [-0.15, -0.1) is 0 Å². The van der Waals surface area contributed by atoms with Crippen molar-refractivity contribution < 1.29 is 20.4 Å². The summed E-state index contributed by atoms with van der Waals surface area (Å²) in [5.74, 6) is 0. The fourth-order valence-electron chi connectivity index (χ4n) is 0.243. The Morgan fingerprint density at radius 2 is 1.11 bits per heavy atom. The summed E-state index contributed by atoms with van der Waals surface area (Å²) in [6.07, 6.45) is -2.44. The van der Waals surface area contributed by atoms with Crippen molar-refractivity contribution >= 4 is 29.6 Å². The van der Waals surface area contributed by atoms with Crippen LogP contribution in [0.1, 0.15) is 0 Å². The molecule has 0 aromatic rings. The predicted octanol–water partition coefficient (Wildman–Crippen LogP) is -2.69. The Hall–Kier alpha value is 0.840. The van der Waals surface area contributed by atoms with Crippen molar-refractivity contribution in [3.8, 4) is 0 Å². The van der Waals surface area contributed by atoms with Gasteiger partial charge in [0.25, 0.3) is 0 Å². The molecule has 0 bridgehead atoms. The monoisotopic (exact) mass is 145 g/mol. The second kappa shape index (κ2) is 6.95. The Bertz CT molecular complexity index is 52.5. The van der Waals surface area contributed by atoms with E-state index in [0.29, 0.717) is 0 Å². The first-order valence-corrected chi connectivity index (χ1v) is 2.30. The molecule has 4 nitrogen and oxygen atoms in total. The summed E-state index contributed by atoms with van der Waals surface area (Å²) in [6.45, 7) is -1.05. The Morgan fingerprint density at radius 1 is 0.889 bits per heavy atom. The standard InChI is InChI=1S/C4H10O4.Na/c5-1-3(7)4(8)2-6;/h3-8H,1-2H2;/t3-,4+;. The molecule has 5 heteroatoms. The molecule has 0 aliphatic heterocycles. The smallest absolute Gasteiger partial charge is 0.105 e. The van der Waals surface area contributed by atoms with E-state index in [1.54, 1.807) is 0 Å². The molecule has 0 aromatic carbocycles. The van der Waals surface area contributed by atoms with Crippen molar-refractivity contribution in [2.45, 2.75) is 12.2 Å². The van der Waals surface area contributed by atoms with Crippen LogP contribution in [0.15, 0.2) is 0 Å². The molecule has 0 heterocycles. The Morgan fingerprint density at radius 3 is 1.22 bits per heavy atom. The minimum Gasteiger partial charge on any atom is -0.394 e. The van der Waals surface area contributed by atoms with E-state index in [-0.39, 0.29) is 29.6 Å². The van der Waals surface area contributed by atoms with Gasteiger partial charge in [-0.25, -0.2) is 0 Å². The summed E-state index contributed by atoms with van der Waals surface area (Å²) in [6, 6.07) is 0. The second-order valence-electron chi connectivity index (χ2n) is 1.50. The van der Waals surface area contributed by atoms with Gasteiger partial charge in [-0.05, 0) is 0 Å². The van der Waals surface area contributed by atoms with Gasteiger partial charge in [0.2, 0.25) is 0 Å². The molecule has 0 saturated heterocycles. The number of aliphatic hydroxyl groups excluding tert-OH is 4. The minimum atomic E-state index is -1.22. The Kier molecular flexibility index (Phi) is 9.67. The molecular weight excluding hydrogens is 135 g/mol. The topological polar surface area (TPSA) is 80.9 Å². The molecule has 0 aliphatic carbocycles. The summed E-state index contributed by atoms with van der Waals surface area (Å²) < 4.78 is 0. The zero-order valence-corrected chi connectivity index (χ0v) is 7.36. The largest absolute Gasteiger partial charge is 0.394 e. The van der Waals surface area contributed by atoms with Gasteiger partial charge < -0.3 is 20.4 Å². The van der Waals surface area contributed by atoms with Gasteiger partial charge in [0.15, 0.2) is 0 Å². The van der Waals surface area contributed by atoms with E-state index in [4.69, 9.17) is 20.4 Å². The van der Waals surface area contributed by atoms with E-state index in [9.17, 15) is 0 Å². The van der Waals surface area contributed by atoms with Crippen molar-refractivity contribution in [3.05, 3.63) is 0 Å². The van der Waals surface area contributed by atoms with Gasteiger partial charge in [0.05, 0.1) is 13.2 Å². The van der Waals surface area contributed by atoms with Crippen LogP contribution in [0, 0.1) is 0 Å². The van der Waals surface area contributed by atoms with Crippen molar-refractivity contribution in [1.82, 2.24) is 0 Å². The van der Waals surface area contributed by atoms with Gasteiger partial charge in [0.1, 0.15) is 12.2 Å². The molecule has 0 amide bonds. The van der Waals surface area contributed by atoms with Crippen LogP contribution in [-0.4, -0.2) is 75.4 Å². The molecule has 9 heavy (non-hydrogen) atoms. The van der Waals surface area contributed by atoms with Crippen LogP contribution < -0.4 is 0 Å². The molecule has 0 aromatic heterocycles. The molecule has 51 valence electrons. The summed E-state index contributed by atoms with van der Waals surface area (Å²) in [5.41, 5.74) is 0. The number of hydrogen-bond donors (Lipinski definition) is 4. The van der Waals surface area contributed by atoms with Crippen molar-refractivity contribution in [2.24, 2.45) is 0 Å². The molecule has 1 radical (unpaired) electrons. The van der Waals surface area contributed by atoms with Crippen LogP contribution in [0.5, 0.6) is 0 Å². The third-order valence-corrected chi connectivity index (χ3v) is 0.818. The molecule has 0 rings (SSSR count). The first kappa shape index (κ1) is 12.5. The SMILES string of the molecule is OC[C@@H](O)[C@@H](O)CO.[Na]. The van der Waals surface area contributed by atoms with E-state index in [0.717, 1.165) is 0 Å². The van der Waals surface area contributed by atoms with Gasteiger partial charge >= 0.3 is 0 Å². The summed E-state index contributed by atoms with van der Waals surface area (Å²) in [7, 11) is 0. The number of rotatable bonds is 3. The summed E-state index contributed by atoms with van der Waals surface area (Å²) in [4.78, 5) is 0. The zero-order valence-electron chi connectivity index (χ0n) is 5.36. The number of hydrogen-bond acceptors (Lipinski definition) is 4. The van der Waals surface area contributed by atoms with E-state index >= 15 is 0 Å². The van der Waals surface area contributed by atoms with Crippen molar-refractivity contribution in [3.63, 3.8) is 0 Å². The molecule has 0 unspecified atom stereocenters. The second-order valence-corrected chi connectivity index (χ2v) is 1.50. The van der Waals surface area contributed by atoms with Crippen LogP contribution in [0.3, 0.4) is 0 Å². The van der Waals surface area contributed by atoms with Gasteiger partial charge in [0, 0.05) is 29.6 Å².